The molecule has 3 heteroatoms. The van der Waals surface area contributed by atoms with Gasteiger partial charge in [-0.2, -0.15) is 0 Å². The lowest BCUT2D eigenvalue weighted by atomic mass is 10.3. The van der Waals surface area contributed by atoms with Crippen molar-refractivity contribution in [1.82, 2.24) is 4.37 Å². The van der Waals surface area contributed by atoms with Crippen LogP contribution < -0.4 is 0 Å². The summed E-state index contributed by atoms with van der Waals surface area (Å²) in [5, 5.41) is 4.14. The molecule has 0 radical (unpaired) electrons. The lowest BCUT2D eigenvalue weighted by Crippen LogP contribution is -1.59. The van der Waals surface area contributed by atoms with Crippen molar-refractivity contribution in [2.75, 3.05) is 0 Å². The van der Waals surface area contributed by atoms with Gasteiger partial charge in [-0.25, -0.2) is 4.37 Å². The molecule has 2 heterocycles. The van der Waals surface area contributed by atoms with Gasteiger partial charge in [0.2, 0.25) is 0 Å². The van der Waals surface area contributed by atoms with E-state index in [9.17, 15) is 0 Å². The van der Waals surface area contributed by atoms with Crippen molar-refractivity contribution < 1.29 is 0 Å². The summed E-state index contributed by atoms with van der Waals surface area (Å²) < 4.78 is 4.03. The minimum absolute atomic E-state index is 1.24. The van der Waals surface area contributed by atoms with E-state index in [0.717, 1.165) is 0 Å². The summed E-state index contributed by atoms with van der Waals surface area (Å²) in [6, 6.07) is 4.16. The molecule has 0 bridgehead atoms. The van der Waals surface area contributed by atoms with Gasteiger partial charge in [0.1, 0.15) is 0 Å². The molecule has 0 saturated heterocycles. The van der Waals surface area contributed by atoms with E-state index in [-0.39, 0.29) is 0 Å². The SMILES string of the molecule is c1csc(-c2cnsc2)c1. The fourth-order valence-corrected chi connectivity index (χ4v) is 2.09. The number of rotatable bonds is 1. The third kappa shape index (κ3) is 0.978. The Bertz CT molecular complexity index is 251. The first-order chi connectivity index (χ1) is 4.97. The second-order valence-electron chi connectivity index (χ2n) is 1.89. The lowest BCUT2D eigenvalue weighted by Gasteiger charge is -1.83. The van der Waals surface area contributed by atoms with Crippen LogP contribution in [0.25, 0.3) is 10.4 Å². The quantitative estimate of drug-likeness (QED) is 0.636. The summed E-state index contributed by atoms with van der Waals surface area (Å²) in [4.78, 5) is 1.30. The third-order valence-electron chi connectivity index (χ3n) is 1.24. The average molecular weight is 167 g/mol. The van der Waals surface area contributed by atoms with Crippen LogP contribution in [0.15, 0.2) is 29.1 Å². The van der Waals surface area contributed by atoms with Gasteiger partial charge >= 0.3 is 0 Å². The zero-order chi connectivity index (χ0) is 6.81. The molecule has 0 spiro atoms. The van der Waals surface area contributed by atoms with Crippen molar-refractivity contribution in [3.63, 3.8) is 0 Å². The van der Waals surface area contributed by atoms with Crippen LogP contribution in [0.4, 0.5) is 0 Å². The molecule has 0 amide bonds. The molecule has 0 aromatic carbocycles. The van der Waals surface area contributed by atoms with Crippen LogP contribution in [0.2, 0.25) is 0 Å². The van der Waals surface area contributed by atoms with E-state index in [1.54, 1.807) is 11.3 Å². The monoisotopic (exact) mass is 167 g/mol. The number of aromatic nitrogens is 1. The van der Waals surface area contributed by atoms with Crippen molar-refractivity contribution in [3.8, 4) is 10.4 Å². The zero-order valence-corrected chi connectivity index (χ0v) is 6.78. The molecule has 0 aliphatic carbocycles. The van der Waals surface area contributed by atoms with E-state index < -0.39 is 0 Å². The smallest absolute Gasteiger partial charge is 0.0493 e. The molecule has 0 N–H and O–H groups in total. The van der Waals surface area contributed by atoms with Gasteiger partial charge in [0.15, 0.2) is 0 Å². The van der Waals surface area contributed by atoms with Gasteiger partial charge in [-0.15, -0.1) is 11.3 Å². The second kappa shape index (κ2) is 2.52. The van der Waals surface area contributed by atoms with Crippen LogP contribution in [-0.4, -0.2) is 4.37 Å². The molecule has 2 rings (SSSR count). The molecule has 0 fully saturated rings. The molecule has 0 aliphatic heterocycles. The highest BCUT2D eigenvalue weighted by Crippen LogP contribution is 2.24. The minimum Gasteiger partial charge on any atom is -0.200 e. The molecule has 0 atom stereocenters. The zero-order valence-electron chi connectivity index (χ0n) is 5.15. The molecule has 2 aromatic rings. The van der Waals surface area contributed by atoms with Gasteiger partial charge in [0.25, 0.3) is 0 Å². The lowest BCUT2D eigenvalue weighted by molar-refractivity contribution is 1.58. The number of nitrogens with zero attached hydrogens (tertiary/aromatic N) is 1. The van der Waals surface area contributed by atoms with Gasteiger partial charge in [-0.05, 0) is 23.0 Å². The van der Waals surface area contributed by atoms with Crippen molar-refractivity contribution in [1.29, 1.82) is 0 Å². The van der Waals surface area contributed by atoms with Crippen molar-refractivity contribution in [2.45, 2.75) is 0 Å². The van der Waals surface area contributed by atoms with E-state index in [0.29, 0.717) is 0 Å². The van der Waals surface area contributed by atoms with E-state index in [4.69, 9.17) is 0 Å². The molecule has 2 aromatic heterocycles. The Kier molecular flexibility index (Phi) is 1.53. The predicted octanol–water partition coefficient (Wildman–Crippen LogP) is 2.87. The van der Waals surface area contributed by atoms with Crippen molar-refractivity contribution in [3.05, 3.63) is 29.1 Å². The maximum atomic E-state index is 4.03. The fraction of sp³-hybridized carbons (Fsp3) is 0. The molecule has 0 saturated carbocycles. The molecule has 50 valence electrons. The first-order valence-corrected chi connectivity index (χ1v) is 4.62. The normalized spacial score (nSPS) is 10.0. The first-order valence-electron chi connectivity index (χ1n) is 2.90. The second-order valence-corrected chi connectivity index (χ2v) is 3.50. The van der Waals surface area contributed by atoms with Crippen LogP contribution in [0.5, 0.6) is 0 Å². The number of hydrogen-bond donors (Lipinski definition) is 0. The summed E-state index contributed by atoms with van der Waals surface area (Å²) in [6.07, 6.45) is 1.90. The Morgan fingerprint density at radius 2 is 2.40 bits per heavy atom. The van der Waals surface area contributed by atoms with E-state index in [1.165, 1.54) is 22.0 Å². The molecule has 1 nitrogen and oxygen atoms in total. The van der Waals surface area contributed by atoms with Gasteiger partial charge in [-0.3, -0.25) is 0 Å². The Morgan fingerprint density at radius 3 is 3.00 bits per heavy atom. The largest absolute Gasteiger partial charge is 0.200 e. The Balaban J connectivity index is 2.48. The van der Waals surface area contributed by atoms with Crippen LogP contribution >= 0.6 is 22.9 Å². The molecule has 0 unspecified atom stereocenters. The molecular formula is C7H5NS2. The number of thiophene rings is 1. The molecule has 0 aliphatic rings. The minimum atomic E-state index is 1.24. The van der Waals surface area contributed by atoms with Crippen LogP contribution in [0.1, 0.15) is 0 Å². The standard InChI is InChI=1S/C7H5NS2/c1-2-7(9-3-1)6-4-8-10-5-6/h1-5H. The Hall–Kier alpha value is -0.670. The summed E-state index contributed by atoms with van der Waals surface area (Å²) >= 11 is 3.24. The van der Waals surface area contributed by atoms with Crippen LogP contribution in [0.3, 0.4) is 0 Å². The molecular weight excluding hydrogens is 162 g/mol. The van der Waals surface area contributed by atoms with Gasteiger partial charge in [-0.1, -0.05) is 6.07 Å². The molecule has 10 heavy (non-hydrogen) atoms. The van der Waals surface area contributed by atoms with Crippen LogP contribution in [0, 0.1) is 0 Å². The van der Waals surface area contributed by atoms with E-state index >= 15 is 0 Å². The highest BCUT2D eigenvalue weighted by atomic mass is 32.1. The van der Waals surface area contributed by atoms with Crippen molar-refractivity contribution in [2.24, 2.45) is 0 Å². The van der Waals surface area contributed by atoms with Gasteiger partial charge in [0, 0.05) is 22.0 Å². The first kappa shape index (κ1) is 6.07. The average Bonchev–Trinajstić information content (AvgIpc) is 2.59. The predicted molar refractivity (Wildman–Crippen MR) is 45.4 cm³/mol. The summed E-state index contributed by atoms with van der Waals surface area (Å²) in [6.45, 7) is 0. The summed E-state index contributed by atoms with van der Waals surface area (Å²) in [5.41, 5.74) is 1.24. The van der Waals surface area contributed by atoms with Gasteiger partial charge in [0.05, 0.1) is 0 Å². The van der Waals surface area contributed by atoms with Crippen molar-refractivity contribution >= 4 is 22.9 Å². The number of hydrogen-bond acceptors (Lipinski definition) is 3. The maximum Gasteiger partial charge on any atom is 0.0493 e. The highest BCUT2D eigenvalue weighted by molar-refractivity contribution is 7.14. The summed E-state index contributed by atoms with van der Waals surface area (Å²) in [5.74, 6) is 0. The third-order valence-corrected chi connectivity index (χ3v) is 2.74. The Morgan fingerprint density at radius 1 is 1.40 bits per heavy atom. The van der Waals surface area contributed by atoms with E-state index in [1.807, 2.05) is 6.20 Å². The summed E-state index contributed by atoms with van der Waals surface area (Å²) in [7, 11) is 0. The van der Waals surface area contributed by atoms with Gasteiger partial charge < -0.3 is 0 Å². The topological polar surface area (TPSA) is 12.9 Å². The Labute approximate surface area is 67.1 Å². The maximum absolute atomic E-state index is 4.03. The highest BCUT2D eigenvalue weighted by Gasteiger charge is 1.96. The van der Waals surface area contributed by atoms with E-state index in [2.05, 4.69) is 27.3 Å². The van der Waals surface area contributed by atoms with Crippen LogP contribution in [-0.2, 0) is 0 Å². The fourth-order valence-electron chi connectivity index (χ4n) is 0.769.